The molecule has 0 aliphatic carbocycles. The number of aryl methyl sites for hydroxylation is 1. The third kappa shape index (κ3) is 2.07. The van der Waals surface area contributed by atoms with E-state index >= 15 is 0 Å². The van der Waals surface area contributed by atoms with Gasteiger partial charge in [-0.05, 0) is 13.0 Å². The number of nitrogens with zero attached hydrogens (tertiary/aromatic N) is 2. The van der Waals surface area contributed by atoms with Crippen molar-refractivity contribution in [1.29, 1.82) is 0 Å². The number of hydrogen-bond acceptors (Lipinski definition) is 4. The van der Waals surface area contributed by atoms with Gasteiger partial charge in [0.1, 0.15) is 0 Å². The summed E-state index contributed by atoms with van der Waals surface area (Å²) in [6.45, 7) is 0.425. The third-order valence-corrected chi connectivity index (χ3v) is 2.95. The molecule has 0 amide bonds. The van der Waals surface area contributed by atoms with Gasteiger partial charge in [-0.25, -0.2) is 8.42 Å². The molecule has 74 valence electrons. The van der Waals surface area contributed by atoms with Crippen molar-refractivity contribution in [2.75, 3.05) is 12.8 Å². The van der Waals surface area contributed by atoms with Crippen LogP contribution in [0.1, 0.15) is 5.56 Å². The average molecular weight is 203 g/mol. The maximum Gasteiger partial charge on any atom is 0.192 e. The van der Waals surface area contributed by atoms with Gasteiger partial charge in [-0.2, -0.15) is 5.10 Å². The van der Waals surface area contributed by atoms with Gasteiger partial charge in [0.05, 0.1) is 6.20 Å². The van der Waals surface area contributed by atoms with Gasteiger partial charge in [-0.1, -0.05) is 0 Å². The highest BCUT2D eigenvalue weighted by molar-refractivity contribution is 7.90. The van der Waals surface area contributed by atoms with E-state index < -0.39 is 9.84 Å². The Kier molecular flexibility index (Phi) is 2.72. The normalized spacial score (nSPS) is 11.9. The van der Waals surface area contributed by atoms with E-state index in [1.807, 2.05) is 0 Å². The van der Waals surface area contributed by atoms with Gasteiger partial charge in [0.2, 0.25) is 0 Å². The lowest BCUT2D eigenvalue weighted by Gasteiger charge is -2.01. The van der Waals surface area contributed by atoms with Crippen LogP contribution in [0.3, 0.4) is 0 Å². The number of rotatable bonds is 3. The van der Waals surface area contributed by atoms with Crippen LogP contribution in [-0.2, 0) is 23.3 Å². The molecule has 0 spiro atoms. The first-order valence-corrected chi connectivity index (χ1v) is 5.77. The number of nitrogens with two attached hydrogens (primary N) is 1. The van der Waals surface area contributed by atoms with E-state index in [2.05, 4.69) is 5.10 Å². The maximum atomic E-state index is 11.3. The average Bonchev–Trinajstić information content (AvgIpc) is 2.31. The Morgan fingerprint density at radius 1 is 1.62 bits per heavy atom. The van der Waals surface area contributed by atoms with Crippen LogP contribution in [0.5, 0.6) is 0 Å². The minimum absolute atomic E-state index is 0.262. The van der Waals surface area contributed by atoms with Crippen molar-refractivity contribution in [2.45, 2.75) is 11.4 Å². The number of aromatic nitrogens is 2. The highest BCUT2D eigenvalue weighted by Gasteiger charge is 2.17. The second kappa shape index (κ2) is 3.47. The molecule has 2 N–H and O–H groups in total. The lowest BCUT2D eigenvalue weighted by atomic mass is 10.3. The highest BCUT2D eigenvalue weighted by Crippen LogP contribution is 2.14. The van der Waals surface area contributed by atoms with E-state index in [0.717, 1.165) is 0 Å². The van der Waals surface area contributed by atoms with Crippen molar-refractivity contribution in [3.8, 4) is 0 Å². The Morgan fingerprint density at radius 3 is 2.69 bits per heavy atom. The largest absolute Gasteiger partial charge is 0.330 e. The molecule has 13 heavy (non-hydrogen) atoms. The van der Waals surface area contributed by atoms with Crippen molar-refractivity contribution in [1.82, 2.24) is 9.78 Å². The van der Waals surface area contributed by atoms with Crippen molar-refractivity contribution in [3.05, 3.63) is 11.8 Å². The van der Waals surface area contributed by atoms with Gasteiger partial charge in [0.15, 0.2) is 14.9 Å². The van der Waals surface area contributed by atoms with E-state index in [1.165, 1.54) is 10.9 Å². The zero-order valence-electron chi connectivity index (χ0n) is 7.69. The van der Waals surface area contributed by atoms with Gasteiger partial charge >= 0.3 is 0 Å². The number of sulfone groups is 1. The summed E-state index contributed by atoms with van der Waals surface area (Å²) >= 11 is 0. The zero-order valence-corrected chi connectivity index (χ0v) is 8.50. The maximum absolute atomic E-state index is 11.3. The SMILES string of the molecule is Cn1ncc(CCN)c1S(C)(=O)=O. The Hall–Kier alpha value is -0.880. The first-order valence-electron chi connectivity index (χ1n) is 3.88. The van der Waals surface area contributed by atoms with Crippen LogP contribution in [-0.4, -0.2) is 31.0 Å². The van der Waals surface area contributed by atoms with Crippen LogP contribution in [0.4, 0.5) is 0 Å². The lowest BCUT2D eigenvalue weighted by molar-refractivity contribution is 0.580. The molecule has 1 aromatic heterocycles. The van der Waals surface area contributed by atoms with Crippen LogP contribution in [0, 0.1) is 0 Å². The van der Waals surface area contributed by atoms with Crippen LogP contribution in [0.25, 0.3) is 0 Å². The first kappa shape index (κ1) is 10.2. The predicted octanol–water partition coefficient (Wildman–Crippen LogP) is -0.675. The highest BCUT2D eigenvalue weighted by atomic mass is 32.2. The zero-order chi connectivity index (χ0) is 10.1. The minimum Gasteiger partial charge on any atom is -0.330 e. The minimum atomic E-state index is -3.20. The van der Waals surface area contributed by atoms with Gasteiger partial charge in [0.25, 0.3) is 0 Å². The molecule has 0 unspecified atom stereocenters. The van der Waals surface area contributed by atoms with Crippen molar-refractivity contribution < 1.29 is 8.42 Å². The van der Waals surface area contributed by atoms with E-state index in [9.17, 15) is 8.42 Å². The predicted molar refractivity (Wildman–Crippen MR) is 49.1 cm³/mol. The number of hydrogen-bond donors (Lipinski definition) is 1. The summed E-state index contributed by atoms with van der Waals surface area (Å²) in [5, 5.41) is 4.15. The molecule has 6 heteroatoms. The molecule has 5 nitrogen and oxygen atoms in total. The summed E-state index contributed by atoms with van der Waals surface area (Å²) in [5.74, 6) is 0. The molecule has 0 aromatic carbocycles. The molecular formula is C7H13N3O2S. The molecular weight excluding hydrogens is 190 g/mol. The Labute approximate surface area is 77.5 Å². The fourth-order valence-corrected chi connectivity index (χ4v) is 2.44. The van der Waals surface area contributed by atoms with Crippen molar-refractivity contribution in [2.24, 2.45) is 12.8 Å². The van der Waals surface area contributed by atoms with Gasteiger partial charge in [0, 0.05) is 18.9 Å². The molecule has 0 atom stereocenters. The summed E-state index contributed by atoms with van der Waals surface area (Å²) in [5.41, 5.74) is 6.04. The lowest BCUT2D eigenvalue weighted by Crippen LogP contribution is -2.10. The third-order valence-electron chi connectivity index (χ3n) is 1.72. The van der Waals surface area contributed by atoms with Crippen LogP contribution >= 0.6 is 0 Å². The van der Waals surface area contributed by atoms with Crippen molar-refractivity contribution >= 4 is 9.84 Å². The summed E-state index contributed by atoms with van der Waals surface area (Å²) in [7, 11) is -1.59. The molecule has 1 aromatic rings. The quantitative estimate of drug-likeness (QED) is 0.706. The molecule has 0 saturated carbocycles. The molecule has 1 rings (SSSR count). The van der Waals surface area contributed by atoms with Crippen LogP contribution in [0.2, 0.25) is 0 Å². The molecule has 0 saturated heterocycles. The van der Waals surface area contributed by atoms with Gasteiger partial charge < -0.3 is 5.73 Å². The molecule has 0 radical (unpaired) electrons. The Bertz CT molecular complexity index is 394. The summed E-state index contributed by atoms with van der Waals surface area (Å²) in [6, 6.07) is 0. The molecule has 0 aliphatic heterocycles. The molecule has 0 aliphatic rings. The van der Waals surface area contributed by atoms with Crippen molar-refractivity contribution in [3.63, 3.8) is 0 Å². The fourth-order valence-electron chi connectivity index (χ4n) is 1.28. The van der Waals surface area contributed by atoms with E-state index in [1.54, 1.807) is 13.2 Å². The first-order chi connectivity index (χ1) is 5.96. The van der Waals surface area contributed by atoms with Gasteiger partial charge in [-0.3, -0.25) is 4.68 Å². The van der Waals surface area contributed by atoms with Gasteiger partial charge in [-0.15, -0.1) is 0 Å². The summed E-state index contributed by atoms with van der Waals surface area (Å²) in [6.07, 6.45) is 3.25. The topological polar surface area (TPSA) is 78.0 Å². The monoisotopic (exact) mass is 203 g/mol. The molecule has 1 heterocycles. The van der Waals surface area contributed by atoms with E-state index in [0.29, 0.717) is 18.5 Å². The second-order valence-electron chi connectivity index (χ2n) is 2.91. The standard InChI is InChI=1S/C7H13N3O2S/c1-10-7(13(2,11)12)6(3-4-8)5-9-10/h5H,3-4,8H2,1-2H3. The van der Waals surface area contributed by atoms with E-state index in [4.69, 9.17) is 5.73 Å². The Balaban J connectivity index is 3.25. The van der Waals surface area contributed by atoms with Crippen LogP contribution in [0.15, 0.2) is 11.2 Å². The second-order valence-corrected chi connectivity index (χ2v) is 4.84. The summed E-state index contributed by atoms with van der Waals surface area (Å²) < 4.78 is 24.0. The summed E-state index contributed by atoms with van der Waals surface area (Å²) in [4.78, 5) is 0. The van der Waals surface area contributed by atoms with E-state index in [-0.39, 0.29) is 5.03 Å². The Morgan fingerprint density at radius 2 is 2.23 bits per heavy atom. The fraction of sp³-hybridized carbons (Fsp3) is 0.571. The van der Waals surface area contributed by atoms with Crippen LogP contribution < -0.4 is 5.73 Å². The smallest absolute Gasteiger partial charge is 0.192 e. The molecule has 0 fully saturated rings. The molecule has 0 bridgehead atoms.